The van der Waals surface area contributed by atoms with Crippen molar-refractivity contribution in [1.82, 2.24) is 10.2 Å². The number of cyclic esters (lactones) is 2. The third-order valence-corrected chi connectivity index (χ3v) is 18.2. The molecule has 0 radical (unpaired) electrons. The molecule has 0 unspecified atom stereocenters. The average Bonchev–Trinajstić information content (AvgIpc) is 3.45. The monoisotopic (exact) mass is 788 g/mol. The third kappa shape index (κ3) is 4.66. The van der Waals surface area contributed by atoms with E-state index >= 15 is 4.79 Å². The molecule has 310 valence electrons. The highest BCUT2D eigenvalue weighted by Gasteiger charge is 2.92. The van der Waals surface area contributed by atoms with E-state index in [0.29, 0.717) is 48.8 Å². The molecule has 0 amide bonds. The number of fused-ring (bicyclic) bond motifs is 4. The summed E-state index contributed by atoms with van der Waals surface area (Å²) >= 11 is 0. The molecular formula is C45H60N2O10. The van der Waals surface area contributed by atoms with Crippen LogP contribution in [0.1, 0.15) is 109 Å². The van der Waals surface area contributed by atoms with Crippen LogP contribution in [0.4, 0.5) is 0 Å². The molecule has 57 heavy (non-hydrogen) atoms. The number of hydrogen-bond donors (Lipinski definition) is 3. The molecule has 7 heterocycles. The Hall–Kier alpha value is -2.77. The number of aliphatic hydroxyl groups excluding tert-OH is 2. The van der Waals surface area contributed by atoms with Crippen molar-refractivity contribution >= 4 is 17.7 Å². The molecule has 12 nitrogen and oxygen atoms in total. The SMILES string of the molecule is CC1(C)O[C@H]2CC(=O)OC[C@@]23[C@@H]1C(=O)[C@@H](O)[C@]1(C2CCCCC2)[C@@H]3CC[C@@]2(C)[C@H](c3ccoc3C[C@H](CO)[C@H]3CC[C@@H]4[C@H](C=CN5CNC[C@@H]45)C3)OC(=O)[C@H]3O[C@@]312. The van der Waals surface area contributed by atoms with E-state index < -0.39 is 63.8 Å². The standard InChI is InChI=1S/C45H60N2O10/c1-41(2)36-35(50)37(51)44(27-7-5-4-6-8-27)32(43(36)22-54-34(49)19-33(43)56-41)11-14-42(3)38(55-40(52)39-45(42,44)57-39)29-13-16-53-31(29)18-26(21-48)24-9-10-28-25(17-24)12-15-47-23-46-20-30(28)47/h12-13,15-16,24-28,30,32-33,36-39,46,48,51H,4-11,14,17-23H2,1-3H3/t24-,25+,26+,28+,30-,32+,33-,36+,37+,38-,39+,42-,43-,44-,45+/m0/s1. The summed E-state index contributed by atoms with van der Waals surface area (Å²) in [7, 11) is 0. The summed E-state index contributed by atoms with van der Waals surface area (Å²) in [6.07, 6.45) is 12.3. The normalized spacial score (nSPS) is 48.6. The highest BCUT2D eigenvalue weighted by Crippen LogP contribution is 2.82. The second-order valence-corrected chi connectivity index (χ2v) is 20.6. The largest absolute Gasteiger partial charge is 0.469 e. The van der Waals surface area contributed by atoms with Gasteiger partial charge in [-0.3, -0.25) is 14.9 Å². The number of hydrogen-bond acceptors (Lipinski definition) is 12. The van der Waals surface area contributed by atoms with Crippen molar-refractivity contribution in [1.29, 1.82) is 0 Å². The fourth-order valence-electron chi connectivity index (χ4n) is 16.1. The lowest BCUT2D eigenvalue weighted by atomic mass is 9.33. The van der Waals surface area contributed by atoms with E-state index in [1.807, 2.05) is 19.9 Å². The number of carbonyl (C=O) groups excluding carboxylic acids is 3. The molecule has 1 aromatic rings. The molecule has 6 aliphatic heterocycles. The van der Waals surface area contributed by atoms with Crippen LogP contribution in [0.3, 0.4) is 0 Å². The molecule has 2 spiro atoms. The van der Waals surface area contributed by atoms with Gasteiger partial charge in [-0.25, -0.2) is 4.79 Å². The van der Waals surface area contributed by atoms with Crippen molar-refractivity contribution < 1.29 is 48.0 Å². The first kappa shape index (κ1) is 37.2. The maximum atomic E-state index is 15.2. The zero-order valence-electron chi connectivity index (χ0n) is 33.7. The predicted molar refractivity (Wildman–Crippen MR) is 203 cm³/mol. The lowest BCUT2D eigenvalue weighted by Crippen LogP contribution is -2.79. The molecule has 1 aromatic heterocycles. The van der Waals surface area contributed by atoms with E-state index in [0.717, 1.165) is 70.1 Å². The van der Waals surface area contributed by atoms with E-state index in [-0.39, 0.29) is 49.1 Å². The first-order valence-corrected chi connectivity index (χ1v) is 22.2. The summed E-state index contributed by atoms with van der Waals surface area (Å²) in [5.74, 6) is -0.0325. The van der Waals surface area contributed by atoms with Gasteiger partial charge < -0.3 is 38.5 Å². The van der Waals surface area contributed by atoms with Gasteiger partial charge in [0.25, 0.3) is 0 Å². The molecule has 4 saturated carbocycles. The van der Waals surface area contributed by atoms with Gasteiger partial charge in [-0.05, 0) is 107 Å². The highest BCUT2D eigenvalue weighted by atomic mass is 16.7. The Morgan fingerprint density at radius 1 is 1.02 bits per heavy atom. The van der Waals surface area contributed by atoms with Gasteiger partial charge in [0, 0.05) is 47.4 Å². The van der Waals surface area contributed by atoms with E-state index in [9.17, 15) is 19.8 Å². The molecular weight excluding hydrogens is 728 g/mol. The van der Waals surface area contributed by atoms with Gasteiger partial charge in [0.05, 0.1) is 37.0 Å². The van der Waals surface area contributed by atoms with Crippen LogP contribution in [-0.2, 0) is 39.8 Å². The van der Waals surface area contributed by atoms with Crippen LogP contribution in [0.15, 0.2) is 29.0 Å². The third-order valence-electron chi connectivity index (χ3n) is 18.2. The molecule has 0 bridgehead atoms. The summed E-state index contributed by atoms with van der Waals surface area (Å²) < 4.78 is 32.5. The van der Waals surface area contributed by atoms with E-state index in [2.05, 4.69) is 29.4 Å². The van der Waals surface area contributed by atoms with Gasteiger partial charge in [0.15, 0.2) is 11.9 Å². The van der Waals surface area contributed by atoms with Gasteiger partial charge in [-0.2, -0.15) is 0 Å². The molecule has 9 fully saturated rings. The Balaban J connectivity index is 0.974. The molecule has 15 atom stereocenters. The first-order chi connectivity index (χ1) is 27.4. The second kappa shape index (κ2) is 12.6. The number of ether oxygens (including phenoxy) is 4. The van der Waals surface area contributed by atoms with Crippen LogP contribution < -0.4 is 5.32 Å². The zero-order chi connectivity index (χ0) is 39.3. The minimum atomic E-state index is -1.39. The Labute approximate surface area is 334 Å². The van der Waals surface area contributed by atoms with Crippen LogP contribution >= 0.6 is 0 Å². The predicted octanol–water partition coefficient (Wildman–Crippen LogP) is 4.61. The number of nitrogens with one attached hydrogen (secondary N) is 1. The lowest BCUT2D eigenvalue weighted by molar-refractivity contribution is -0.275. The number of furan rings is 1. The minimum Gasteiger partial charge on any atom is -0.469 e. The Kier molecular flexibility index (Phi) is 8.25. The van der Waals surface area contributed by atoms with Gasteiger partial charge >= 0.3 is 11.9 Å². The number of ketones is 1. The van der Waals surface area contributed by atoms with Gasteiger partial charge in [-0.1, -0.05) is 32.3 Å². The molecule has 5 saturated heterocycles. The van der Waals surface area contributed by atoms with Crippen LogP contribution in [0.5, 0.6) is 0 Å². The maximum absolute atomic E-state index is 15.2. The van der Waals surface area contributed by atoms with E-state index in [1.54, 1.807) is 6.26 Å². The van der Waals surface area contributed by atoms with Crippen LogP contribution in [0.2, 0.25) is 0 Å². The average molecular weight is 789 g/mol. The van der Waals surface area contributed by atoms with Crippen LogP contribution in [0, 0.1) is 57.7 Å². The Bertz CT molecular complexity index is 1870. The van der Waals surface area contributed by atoms with Gasteiger partial charge in [-0.15, -0.1) is 0 Å². The number of carbonyl (C=O) groups is 3. The fraction of sp³-hybridized carbons (Fsp3) is 0.800. The summed E-state index contributed by atoms with van der Waals surface area (Å²) in [4.78, 5) is 45.0. The van der Waals surface area contributed by atoms with Gasteiger partial charge in [0.1, 0.15) is 30.2 Å². The highest BCUT2D eigenvalue weighted by molar-refractivity contribution is 5.92. The van der Waals surface area contributed by atoms with E-state index in [1.165, 1.54) is 0 Å². The number of epoxide rings is 1. The zero-order valence-corrected chi connectivity index (χ0v) is 33.7. The van der Waals surface area contributed by atoms with Crippen LogP contribution in [0.25, 0.3) is 0 Å². The lowest BCUT2D eigenvalue weighted by Gasteiger charge is -2.70. The Morgan fingerprint density at radius 2 is 1.84 bits per heavy atom. The molecule has 11 rings (SSSR count). The number of rotatable bonds is 6. The van der Waals surface area contributed by atoms with Crippen molar-refractivity contribution in [2.45, 2.75) is 139 Å². The number of allylic oxidation sites excluding steroid dienone is 1. The molecule has 10 aliphatic rings. The van der Waals surface area contributed by atoms with Crippen LogP contribution in [-0.4, -0.2) is 94.8 Å². The fourth-order valence-corrected chi connectivity index (χ4v) is 16.1. The number of aliphatic hydroxyl groups is 2. The second-order valence-electron chi connectivity index (χ2n) is 20.6. The van der Waals surface area contributed by atoms with Crippen molar-refractivity contribution in [3.8, 4) is 0 Å². The number of esters is 2. The number of Topliss-reactive ketones (excluding diaryl/α,β-unsaturated/α-hetero) is 1. The molecule has 0 aromatic carbocycles. The first-order valence-electron chi connectivity index (χ1n) is 22.2. The van der Waals surface area contributed by atoms with Crippen molar-refractivity contribution in [3.05, 3.63) is 35.9 Å². The molecule has 3 N–H and O–H groups in total. The van der Waals surface area contributed by atoms with Crippen molar-refractivity contribution in [2.24, 2.45) is 57.7 Å². The van der Waals surface area contributed by atoms with Crippen molar-refractivity contribution in [3.63, 3.8) is 0 Å². The van der Waals surface area contributed by atoms with E-state index in [4.69, 9.17) is 23.4 Å². The maximum Gasteiger partial charge on any atom is 0.339 e. The summed E-state index contributed by atoms with van der Waals surface area (Å²) in [6, 6.07) is 2.46. The summed E-state index contributed by atoms with van der Waals surface area (Å²) in [6.45, 7) is 7.99. The Morgan fingerprint density at radius 3 is 2.65 bits per heavy atom. The minimum absolute atomic E-state index is 0.0234. The molecule has 4 aliphatic carbocycles. The van der Waals surface area contributed by atoms with Crippen molar-refractivity contribution in [2.75, 3.05) is 26.4 Å². The number of nitrogens with zero attached hydrogens (tertiary/aromatic N) is 1. The smallest absolute Gasteiger partial charge is 0.339 e. The molecule has 12 heteroatoms. The van der Waals surface area contributed by atoms with Gasteiger partial charge in [0.2, 0.25) is 0 Å². The quantitative estimate of drug-likeness (QED) is 0.272. The summed E-state index contributed by atoms with van der Waals surface area (Å²) in [5.41, 5.74) is -4.13. The topological polar surface area (TPSA) is 160 Å². The summed E-state index contributed by atoms with van der Waals surface area (Å²) in [5, 5.41) is 27.5.